The van der Waals surface area contributed by atoms with Crippen LogP contribution in [-0.2, 0) is 45.5 Å². The van der Waals surface area contributed by atoms with Crippen LogP contribution in [0.3, 0.4) is 0 Å². The predicted octanol–water partition coefficient (Wildman–Crippen LogP) is 5.65. The summed E-state index contributed by atoms with van der Waals surface area (Å²) in [4.78, 5) is 19.7. The maximum absolute atomic E-state index is 12.0. The van der Waals surface area contributed by atoms with Crippen LogP contribution in [-0.4, -0.2) is 54.7 Å². The van der Waals surface area contributed by atoms with Gasteiger partial charge in [0.1, 0.15) is 5.78 Å². The van der Waals surface area contributed by atoms with Crippen LogP contribution in [0.5, 0.6) is 0 Å². The third kappa shape index (κ3) is 8.68. The van der Waals surface area contributed by atoms with E-state index in [2.05, 4.69) is 49.8 Å². The molecular weight excluding hydrogens is 703 g/mol. The number of fused-ring (bicyclic) bond motifs is 1. The zero-order valence-corrected chi connectivity index (χ0v) is 28.4. The molecule has 236 valence electrons. The van der Waals surface area contributed by atoms with Gasteiger partial charge in [-0.15, -0.1) is 0 Å². The minimum Gasteiger partial charge on any atom is -0.344 e. The number of carbonyl (C=O) groups excluding carboxylic acids is 1. The molecular formula is C30H35BrN2NiO7S2. The van der Waals surface area contributed by atoms with Gasteiger partial charge in [0.05, 0.1) is 10.6 Å². The summed E-state index contributed by atoms with van der Waals surface area (Å²) in [5, 5.41) is 0. The number of aliphatic imine (C=N–C) groups is 1. The first-order valence-corrected chi connectivity index (χ1v) is 17.8. The van der Waals surface area contributed by atoms with Gasteiger partial charge in [-0.05, 0) is 50.5 Å². The molecule has 0 fully saturated rings. The standard InChI is InChI=1S/C30H35BrN2O7S2.Ni/c1-21(31)18-23-20-32-27(29(23,3)4)10-7-6-8-11-28-30(5,15-14-22(2)34)25-19-24(42(38,39)40)12-13-26(25)33(28)16-9-17-41(35,36)37;/h1,6-8,10-13,18-20H,9,14-17H2,2-5H3,(H,35,36,37)(H,38,39,40);/b8-6+,10-7+,21-18+,28-11+;. The fraction of sp³-hybridized carbons (Fsp3) is 0.367. The number of hydrogen-bond donors (Lipinski definition) is 2. The van der Waals surface area contributed by atoms with Crippen LogP contribution in [0.15, 0.2) is 86.5 Å². The minimum absolute atomic E-state index is 0.0441. The number of anilines is 1. The van der Waals surface area contributed by atoms with Crippen molar-refractivity contribution in [2.75, 3.05) is 17.2 Å². The number of halogens is 1. The van der Waals surface area contributed by atoms with Crippen molar-refractivity contribution in [3.8, 4) is 0 Å². The van der Waals surface area contributed by atoms with E-state index >= 15 is 0 Å². The molecule has 2 N–H and O–H groups in total. The van der Waals surface area contributed by atoms with Crippen LogP contribution in [0.1, 0.15) is 52.5 Å². The summed E-state index contributed by atoms with van der Waals surface area (Å²) in [6.07, 6.45) is 13.6. The molecule has 1 unspecified atom stereocenters. The molecule has 3 rings (SSSR count). The van der Waals surface area contributed by atoms with Gasteiger partial charge in [0.25, 0.3) is 20.2 Å². The van der Waals surface area contributed by atoms with Crippen LogP contribution < -0.4 is 4.90 Å². The molecule has 0 saturated heterocycles. The fourth-order valence-electron chi connectivity index (χ4n) is 5.14. The van der Waals surface area contributed by atoms with Crippen molar-refractivity contribution in [3.63, 3.8) is 0 Å². The summed E-state index contributed by atoms with van der Waals surface area (Å²) >= 11 is 8.09. The molecule has 0 amide bonds. The summed E-state index contributed by atoms with van der Waals surface area (Å²) < 4.78 is 66.6. The van der Waals surface area contributed by atoms with Gasteiger partial charge in [-0.25, -0.2) is 0 Å². The van der Waals surface area contributed by atoms with E-state index < -0.39 is 31.4 Å². The number of ketones is 1. The maximum Gasteiger partial charge on any atom is 0.294 e. The Balaban J connectivity index is 2.00. The second-order valence-electron chi connectivity index (χ2n) is 11.1. The molecule has 43 heavy (non-hydrogen) atoms. The second kappa shape index (κ2) is 13.8. The van der Waals surface area contributed by atoms with E-state index in [0.29, 0.717) is 17.7 Å². The van der Waals surface area contributed by atoms with Crippen LogP contribution in [0.4, 0.5) is 5.69 Å². The van der Waals surface area contributed by atoms with E-state index in [-0.39, 0.29) is 35.5 Å². The Hall–Kier alpha value is -2.28. The Kier molecular flexibility index (Phi) is 11.3. The van der Waals surface area contributed by atoms with Gasteiger partial charge in [-0.1, -0.05) is 0 Å². The number of carbonyl (C=O) groups is 1. The Morgan fingerprint density at radius 3 is 2.42 bits per heavy atom. The van der Waals surface area contributed by atoms with Gasteiger partial charge in [0.2, 0.25) is 0 Å². The Morgan fingerprint density at radius 1 is 1.12 bits per heavy atom. The zero-order valence-electron chi connectivity index (χ0n) is 24.2. The Labute approximate surface area is 269 Å². The number of Topliss-reactive ketones (excluding diaryl/α,β-unsaturated/α-hetero) is 1. The molecule has 0 bridgehead atoms. The summed E-state index contributed by atoms with van der Waals surface area (Å²) in [6, 6.07) is 4.24. The van der Waals surface area contributed by atoms with Crippen molar-refractivity contribution < 1.29 is 45.8 Å². The van der Waals surface area contributed by atoms with Gasteiger partial charge in [0.15, 0.2) is 0 Å². The first-order chi connectivity index (χ1) is 19.9. The van der Waals surface area contributed by atoms with Crippen molar-refractivity contribution in [1.82, 2.24) is 0 Å². The summed E-state index contributed by atoms with van der Waals surface area (Å²) in [5.74, 6) is -0.500. The summed E-state index contributed by atoms with van der Waals surface area (Å²) in [5.41, 5.74) is 2.62. The van der Waals surface area contributed by atoms with E-state index in [1.54, 1.807) is 17.3 Å². The van der Waals surface area contributed by atoms with Crippen LogP contribution in [0, 0.1) is 5.41 Å². The summed E-state index contributed by atoms with van der Waals surface area (Å²) in [6.45, 7) is 7.69. The molecule has 0 radical (unpaired) electrons. The van der Waals surface area contributed by atoms with Crippen molar-refractivity contribution >= 4 is 58.3 Å². The average Bonchev–Trinajstić information content (AvgIpc) is 3.31. The zero-order chi connectivity index (χ0) is 32.2. The first-order valence-electron chi connectivity index (χ1n) is 13.4. The molecule has 13 heteroatoms. The number of benzene rings is 1. The monoisotopic (exact) mass is 736 g/mol. The first kappa shape index (κ1) is 35.2. The molecule has 0 saturated carbocycles. The molecule has 9 nitrogen and oxygen atoms in total. The quantitative estimate of drug-likeness (QED) is 0.151. The van der Waals surface area contributed by atoms with Crippen LogP contribution >= 0.6 is 15.9 Å². The molecule has 2 aliphatic rings. The molecule has 1 atom stereocenters. The van der Waals surface area contributed by atoms with Crippen molar-refractivity contribution in [1.29, 1.82) is 0 Å². The maximum atomic E-state index is 12.0. The van der Waals surface area contributed by atoms with Gasteiger partial charge in [0, 0.05) is 24.1 Å². The van der Waals surface area contributed by atoms with E-state index in [0.717, 1.165) is 21.5 Å². The van der Waals surface area contributed by atoms with Crippen molar-refractivity contribution in [2.45, 2.75) is 57.3 Å². The van der Waals surface area contributed by atoms with Crippen LogP contribution in [0.25, 0.3) is 0 Å². The van der Waals surface area contributed by atoms with Crippen molar-refractivity contribution in [2.24, 2.45) is 10.4 Å². The number of rotatable bonds is 13. The molecule has 0 aliphatic carbocycles. The van der Waals surface area contributed by atoms with Gasteiger partial charge >= 0.3 is 124 Å². The van der Waals surface area contributed by atoms with E-state index in [9.17, 15) is 30.7 Å². The molecule has 0 aromatic heterocycles. The second-order valence-corrected chi connectivity index (χ2v) is 15.3. The smallest absolute Gasteiger partial charge is 0.294 e. The van der Waals surface area contributed by atoms with Gasteiger partial charge in [-0.3, -0.25) is 9.11 Å². The Bertz CT molecular complexity index is 1700. The molecule has 1 aromatic carbocycles. The van der Waals surface area contributed by atoms with E-state index in [1.165, 1.54) is 19.1 Å². The third-order valence-corrected chi connectivity index (χ3v) is 10.3. The fourth-order valence-corrected chi connectivity index (χ4v) is 6.47. The SMILES string of the molecule is CC(=O)CCC1(C)\C(=C/C=C/C=C/C2=NC=C(/C=C(/Br)[CH]=[Ni])C2(C)C)N(CCCS(=O)(=O)O)c2ccc(S(=O)(=O)O)cc21. The van der Waals surface area contributed by atoms with Gasteiger partial charge in [-0.2, -0.15) is 16.8 Å². The third-order valence-electron chi connectivity index (χ3n) is 7.58. The normalized spacial score (nSPS) is 21.6. The minimum atomic E-state index is -4.50. The number of hydrogen-bond acceptors (Lipinski definition) is 7. The van der Waals surface area contributed by atoms with E-state index in [4.69, 9.17) is 0 Å². The van der Waals surface area contributed by atoms with Crippen LogP contribution in [0.2, 0.25) is 0 Å². The Morgan fingerprint density at radius 2 is 1.81 bits per heavy atom. The predicted molar refractivity (Wildman–Crippen MR) is 171 cm³/mol. The summed E-state index contributed by atoms with van der Waals surface area (Å²) in [7, 11) is -8.70. The topological polar surface area (TPSA) is 141 Å². The van der Waals surface area contributed by atoms with Crippen molar-refractivity contribution in [3.05, 3.63) is 82.2 Å². The molecule has 1 aromatic rings. The largest absolute Gasteiger partial charge is 0.344 e. The molecule has 0 spiro atoms. The number of nitrogens with zero attached hydrogens (tertiary/aromatic N) is 2. The average molecular weight is 738 g/mol. The molecule has 2 heterocycles. The number of allylic oxidation sites excluding steroid dienone is 9. The van der Waals surface area contributed by atoms with Gasteiger partial charge < -0.3 is 9.69 Å². The van der Waals surface area contributed by atoms with E-state index in [1.807, 2.05) is 48.3 Å². The molecule has 2 aliphatic heterocycles.